The number of ether oxygens (including phenoxy) is 2. The largest absolute Gasteiger partial charge is 0.394 e. The molecule has 0 aliphatic carbocycles. The van der Waals surface area contributed by atoms with Gasteiger partial charge in [0.25, 0.3) is 0 Å². The highest BCUT2D eigenvalue weighted by Gasteiger charge is 2.09. The van der Waals surface area contributed by atoms with E-state index in [2.05, 4.69) is 12.2 Å². The molecule has 7 heteroatoms. The van der Waals surface area contributed by atoms with E-state index in [0.717, 1.165) is 6.42 Å². The van der Waals surface area contributed by atoms with Gasteiger partial charge in [0.05, 0.1) is 38.6 Å². The van der Waals surface area contributed by atoms with Crippen LogP contribution in [0.3, 0.4) is 0 Å². The maximum absolute atomic E-state index is 9.90. The molecule has 0 aromatic carbocycles. The maximum atomic E-state index is 9.90. The molecule has 0 aliphatic rings. The van der Waals surface area contributed by atoms with Gasteiger partial charge < -0.3 is 35.2 Å². The molecule has 0 amide bonds. The molecule has 5 N–H and O–H groups in total. The van der Waals surface area contributed by atoms with Crippen LogP contribution in [0.5, 0.6) is 0 Å². The fourth-order valence-corrected chi connectivity index (χ4v) is 3.55. The summed E-state index contributed by atoms with van der Waals surface area (Å²) in [5.41, 5.74) is 0. The van der Waals surface area contributed by atoms with Crippen molar-refractivity contribution < 1.29 is 29.9 Å². The summed E-state index contributed by atoms with van der Waals surface area (Å²) in [6.45, 7) is 3.56. The number of unbranched alkanes of at least 4 members (excludes halogenated alkanes) is 13. The van der Waals surface area contributed by atoms with Crippen LogP contribution in [0.1, 0.15) is 96.8 Å². The highest BCUT2D eigenvalue weighted by atomic mass is 16.5. The predicted molar refractivity (Wildman–Crippen MR) is 130 cm³/mol. The Morgan fingerprint density at radius 2 is 0.969 bits per heavy atom. The molecule has 0 spiro atoms. The molecule has 0 aromatic heterocycles. The average Bonchev–Trinajstić information content (AvgIpc) is 2.78. The van der Waals surface area contributed by atoms with Gasteiger partial charge in [-0.05, 0) is 6.42 Å². The minimum absolute atomic E-state index is 0.0106. The molecule has 0 saturated carbocycles. The number of hydrogen-bond donors (Lipinski definition) is 5. The van der Waals surface area contributed by atoms with Crippen molar-refractivity contribution in [3.8, 4) is 0 Å². The lowest BCUT2D eigenvalue weighted by Gasteiger charge is -2.16. The Bertz CT molecular complexity index is 361. The van der Waals surface area contributed by atoms with E-state index in [9.17, 15) is 10.2 Å². The summed E-state index contributed by atoms with van der Waals surface area (Å²) in [5.74, 6) is 0. The van der Waals surface area contributed by atoms with Crippen LogP contribution in [0, 0.1) is 0 Å². The molecule has 194 valence electrons. The Labute approximate surface area is 196 Å². The van der Waals surface area contributed by atoms with Crippen LogP contribution in [-0.2, 0) is 9.47 Å². The summed E-state index contributed by atoms with van der Waals surface area (Å²) in [6, 6.07) is 0. The minimum Gasteiger partial charge on any atom is -0.394 e. The Morgan fingerprint density at radius 3 is 1.44 bits per heavy atom. The average molecular weight is 464 g/mol. The first-order chi connectivity index (χ1) is 15.6. The Morgan fingerprint density at radius 1 is 0.562 bits per heavy atom. The smallest absolute Gasteiger partial charge is 0.100 e. The summed E-state index contributed by atoms with van der Waals surface area (Å²) in [4.78, 5) is 0. The Balaban J connectivity index is 3.25. The molecule has 32 heavy (non-hydrogen) atoms. The summed E-state index contributed by atoms with van der Waals surface area (Å²) < 4.78 is 10.6. The zero-order valence-electron chi connectivity index (χ0n) is 20.7. The molecule has 0 bridgehead atoms. The van der Waals surface area contributed by atoms with Crippen LogP contribution < -0.4 is 5.32 Å². The van der Waals surface area contributed by atoms with E-state index < -0.39 is 18.3 Å². The molecule has 0 aliphatic heterocycles. The van der Waals surface area contributed by atoms with E-state index in [4.69, 9.17) is 19.7 Å². The zero-order valence-corrected chi connectivity index (χ0v) is 20.7. The van der Waals surface area contributed by atoms with Crippen LogP contribution in [0.4, 0.5) is 0 Å². The second-order valence-electron chi connectivity index (χ2n) is 9.01. The van der Waals surface area contributed by atoms with E-state index in [1.807, 2.05) is 0 Å². The van der Waals surface area contributed by atoms with Crippen molar-refractivity contribution in [1.29, 1.82) is 0 Å². The van der Waals surface area contributed by atoms with Gasteiger partial charge in [-0.3, -0.25) is 0 Å². The van der Waals surface area contributed by atoms with Crippen LogP contribution in [0.25, 0.3) is 0 Å². The Hall–Kier alpha value is -0.280. The third-order valence-corrected chi connectivity index (χ3v) is 5.54. The topological polar surface area (TPSA) is 111 Å². The SMILES string of the molecule is CCCCCCCCCCCCCCCCOCC(O)CNCC(O)COCC(O)CO. The highest BCUT2D eigenvalue weighted by Crippen LogP contribution is 2.12. The van der Waals surface area contributed by atoms with Crippen LogP contribution in [0.15, 0.2) is 0 Å². The maximum Gasteiger partial charge on any atom is 0.100 e. The van der Waals surface area contributed by atoms with Gasteiger partial charge in [-0.2, -0.15) is 0 Å². The predicted octanol–water partition coefficient (Wildman–Crippen LogP) is 3.17. The Kier molecular flexibility index (Phi) is 25.1. The molecule has 3 unspecified atom stereocenters. The number of rotatable bonds is 26. The van der Waals surface area contributed by atoms with Gasteiger partial charge in [-0.25, -0.2) is 0 Å². The third-order valence-electron chi connectivity index (χ3n) is 5.54. The number of aliphatic hydroxyl groups excluding tert-OH is 4. The van der Waals surface area contributed by atoms with Gasteiger partial charge in [-0.15, -0.1) is 0 Å². The number of nitrogens with one attached hydrogen (secondary N) is 1. The van der Waals surface area contributed by atoms with Crippen molar-refractivity contribution in [1.82, 2.24) is 5.32 Å². The summed E-state index contributed by atoms with van der Waals surface area (Å²) in [5, 5.41) is 40.4. The van der Waals surface area contributed by atoms with Crippen molar-refractivity contribution in [2.45, 2.75) is 115 Å². The van der Waals surface area contributed by atoms with Crippen LogP contribution >= 0.6 is 0 Å². The van der Waals surface area contributed by atoms with E-state index in [1.54, 1.807) is 0 Å². The second-order valence-corrected chi connectivity index (χ2v) is 9.01. The third kappa shape index (κ3) is 24.4. The van der Waals surface area contributed by atoms with E-state index in [1.165, 1.54) is 83.5 Å². The molecule has 0 saturated heterocycles. The quantitative estimate of drug-likeness (QED) is 0.125. The van der Waals surface area contributed by atoms with Crippen molar-refractivity contribution in [3.05, 3.63) is 0 Å². The van der Waals surface area contributed by atoms with E-state index >= 15 is 0 Å². The molecule has 0 rings (SSSR count). The minimum atomic E-state index is -0.922. The second kappa shape index (κ2) is 25.3. The van der Waals surface area contributed by atoms with Crippen molar-refractivity contribution in [2.75, 3.05) is 46.1 Å². The van der Waals surface area contributed by atoms with Crippen LogP contribution in [-0.4, -0.2) is 84.9 Å². The first-order valence-electron chi connectivity index (χ1n) is 13.1. The van der Waals surface area contributed by atoms with Crippen molar-refractivity contribution >= 4 is 0 Å². The molecular formula is C25H53NO6. The van der Waals surface area contributed by atoms with Gasteiger partial charge in [0, 0.05) is 19.7 Å². The van der Waals surface area contributed by atoms with Crippen molar-refractivity contribution in [2.24, 2.45) is 0 Å². The molecule has 7 nitrogen and oxygen atoms in total. The zero-order chi connectivity index (χ0) is 23.7. The van der Waals surface area contributed by atoms with E-state index in [0.29, 0.717) is 19.8 Å². The standard InChI is InChI=1S/C25H53NO6/c1-2-3-4-5-6-7-8-9-10-11-12-13-14-15-16-31-20-23(28)17-26-18-24(29)21-32-22-25(30)19-27/h23-30H,2-22H2,1H3. The molecule has 0 fully saturated rings. The molecule has 0 aromatic rings. The monoisotopic (exact) mass is 463 g/mol. The summed E-state index contributed by atoms with van der Waals surface area (Å²) in [7, 11) is 0. The summed E-state index contributed by atoms with van der Waals surface area (Å²) in [6.07, 6.45) is 16.4. The molecule has 0 heterocycles. The number of aliphatic hydroxyl groups is 4. The van der Waals surface area contributed by atoms with Crippen molar-refractivity contribution in [3.63, 3.8) is 0 Å². The fraction of sp³-hybridized carbons (Fsp3) is 1.00. The lowest BCUT2D eigenvalue weighted by Crippen LogP contribution is -2.37. The van der Waals surface area contributed by atoms with Gasteiger partial charge in [0.1, 0.15) is 6.10 Å². The van der Waals surface area contributed by atoms with E-state index in [-0.39, 0.29) is 26.4 Å². The van der Waals surface area contributed by atoms with Gasteiger partial charge in [-0.1, -0.05) is 90.4 Å². The van der Waals surface area contributed by atoms with Gasteiger partial charge in [0.15, 0.2) is 0 Å². The highest BCUT2D eigenvalue weighted by molar-refractivity contribution is 4.63. The van der Waals surface area contributed by atoms with Crippen LogP contribution in [0.2, 0.25) is 0 Å². The van der Waals surface area contributed by atoms with Gasteiger partial charge >= 0.3 is 0 Å². The first kappa shape index (κ1) is 31.7. The lowest BCUT2D eigenvalue weighted by molar-refractivity contribution is -0.0247. The van der Waals surface area contributed by atoms with Gasteiger partial charge in [0.2, 0.25) is 0 Å². The first-order valence-corrected chi connectivity index (χ1v) is 13.1. The lowest BCUT2D eigenvalue weighted by atomic mass is 10.0. The number of hydrogen-bond acceptors (Lipinski definition) is 7. The molecular weight excluding hydrogens is 410 g/mol. The normalized spacial score (nSPS) is 14.5. The molecule has 3 atom stereocenters. The fourth-order valence-electron chi connectivity index (χ4n) is 3.55. The molecule has 0 radical (unpaired) electrons. The summed E-state index contributed by atoms with van der Waals surface area (Å²) >= 11 is 0.